The van der Waals surface area contributed by atoms with Gasteiger partial charge >= 0.3 is 6.18 Å². The molecule has 0 fully saturated rings. The Morgan fingerprint density at radius 2 is 1.39 bits per heavy atom. The van der Waals surface area contributed by atoms with Gasteiger partial charge in [0.25, 0.3) is 0 Å². The number of nitrogens with two attached hydrogens (primary N) is 1. The van der Waals surface area contributed by atoms with E-state index in [0.29, 0.717) is 6.54 Å². The van der Waals surface area contributed by atoms with Crippen molar-refractivity contribution < 1.29 is 13.2 Å². The lowest BCUT2D eigenvalue weighted by Gasteiger charge is -2.27. The molecule has 36 heavy (non-hydrogen) atoms. The third-order valence-electron chi connectivity index (χ3n) is 6.29. The van der Waals surface area contributed by atoms with E-state index in [2.05, 4.69) is 49.4 Å². The summed E-state index contributed by atoms with van der Waals surface area (Å²) in [5, 5.41) is 5.76. The van der Waals surface area contributed by atoms with Crippen LogP contribution < -0.4 is 10.7 Å². The van der Waals surface area contributed by atoms with Crippen molar-refractivity contribution >= 4 is 18.2 Å². The predicted octanol–water partition coefficient (Wildman–Crippen LogP) is 7.27. The summed E-state index contributed by atoms with van der Waals surface area (Å²) in [4.78, 5) is 4.40. The maximum Gasteiger partial charge on any atom is 0.407 e. The van der Waals surface area contributed by atoms with Crippen molar-refractivity contribution in [1.29, 1.82) is 0 Å². The van der Waals surface area contributed by atoms with Crippen molar-refractivity contribution in [3.05, 3.63) is 102 Å². The van der Waals surface area contributed by atoms with Crippen LogP contribution in [0.2, 0.25) is 0 Å². The molecule has 188 valence electrons. The average Bonchev–Trinajstić information content (AvgIpc) is 2.87. The highest BCUT2D eigenvalue weighted by Crippen LogP contribution is 2.35. The largest absolute Gasteiger partial charge is 0.407 e. The zero-order valence-electron chi connectivity index (χ0n) is 20.8. The fourth-order valence-corrected chi connectivity index (χ4v) is 3.97. The topological polar surface area (TPSA) is 54.0 Å². The van der Waals surface area contributed by atoms with Gasteiger partial charge < -0.3 is 5.73 Å². The zero-order valence-corrected chi connectivity index (χ0v) is 20.8. The second-order valence-corrected chi connectivity index (χ2v) is 9.02. The normalized spacial score (nSPS) is 13.2. The molecule has 1 atom stereocenters. The lowest BCUT2D eigenvalue weighted by molar-refractivity contribution is -0.149. The number of aliphatic imine (C=N–C) groups is 1. The van der Waals surface area contributed by atoms with E-state index in [1.165, 1.54) is 12.1 Å². The molecular formula is C29H31F3N4. The summed E-state index contributed by atoms with van der Waals surface area (Å²) < 4.78 is 38.6. The molecule has 3 aromatic carbocycles. The molecule has 3 rings (SSSR count). The van der Waals surface area contributed by atoms with E-state index in [1.807, 2.05) is 43.3 Å². The number of rotatable bonds is 8. The summed E-state index contributed by atoms with van der Waals surface area (Å²) in [5.74, 6) is 0.723. The standard InChI is InChI=1S/C29H31F3N4/c1-6-19-35-20(2)36(34-5)26-17-15-25(16-18-26)28(3,4)24-13-11-22(12-14-24)21-7-9-23(10-8-21)27(33)29(30,31)32/h6-18,27H,1,5,19,33H2,2-4H3. The van der Waals surface area contributed by atoms with Crippen LogP contribution in [-0.4, -0.2) is 25.3 Å². The molecule has 0 saturated carbocycles. The van der Waals surface area contributed by atoms with Gasteiger partial charge in [-0.05, 0) is 46.9 Å². The van der Waals surface area contributed by atoms with Crippen LogP contribution in [0.4, 0.5) is 18.9 Å². The molecule has 0 saturated heterocycles. The maximum atomic E-state index is 12.9. The molecule has 0 bridgehead atoms. The lowest BCUT2D eigenvalue weighted by Crippen LogP contribution is -2.28. The van der Waals surface area contributed by atoms with Crippen molar-refractivity contribution in [3.63, 3.8) is 0 Å². The fraction of sp³-hybridized carbons (Fsp3) is 0.241. The summed E-state index contributed by atoms with van der Waals surface area (Å²) in [5.41, 5.74) is 9.90. The first-order valence-corrected chi connectivity index (χ1v) is 11.5. The Kier molecular flexibility index (Phi) is 8.15. The first-order chi connectivity index (χ1) is 17.0. The number of hydrazone groups is 1. The Balaban J connectivity index is 1.80. The summed E-state index contributed by atoms with van der Waals surface area (Å²) in [6.45, 7) is 14.0. The van der Waals surface area contributed by atoms with E-state index < -0.39 is 12.2 Å². The number of hydrogen-bond donors (Lipinski definition) is 1. The molecule has 0 aliphatic rings. The van der Waals surface area contributed by atoms with Gasteiger partial charge in [-0.1, -0.05) is 80.6 Å². The Morgan fingerprint density at radius 3 is 1.83 bits per heavy atom. The Hall–Kier alpha value is -3.71. The van der Waals surface area contributed by atoms with Gasteiger partial charge in [0.1, 0.15) is 11.9 Å². The van der Waals surface area contributed by atoms with E-state index in [4.69, 9.17) is 5.73 Å². The number of hydrogen-bond acceptors (Lipinski definition) is 3. The summed E-state index contributed by atoms with van der Waals surface area (Å²) in [6, 6.07) is 20.3. The van der Waals surface area contributed by atoms with Crippen LogP contribution >= 0.6 is 0 Å². The minimum atomic E-state index is -4.47. The predicted molar refractivity (Wildman–Crippen MR) is 144 cm³/mol. The Labute approximate surface area is 210 Å². The minimum absolute atomic E-state index is 0.0415. The number of halogens is 3. The summed E-state index contributed by atoms with van der Waals surface area (Å²) >= 11 is 0. The molecule has 0 heterocycles. The van der Waals surface area contributed by atoms with Crippen LogP contribution in [0, 0.1) is 0 Å². The maximum absolute atomic E-state index is 12.9. The van der Waals surface area contributed by atoms with Gasteiger partial charge in [-0.25, -0.2) is 5.01 Å². The monoisotopic (exact) mass is 492 g/mol. The molecule has 0 radical (unpaired) electrons. The molecule has 7 heteroatoms. The second kappa shape index (κ2) is 10.9. The second-order valence-electron chi connectivity index (χ2n) is 9.02. The number of amidine groups is 1. The summed E-state index contributed by atoms with van der Waals surface area (Å²) in [7, 11) is 0. The van der Waals surface area contributed by atoms with Gasteiger partial charge in [-0.3, -0.25) is 4.99 Å². The Bertz CT molecular complexity index is 1210. The molecule has 1 unspecified atom stereocenters. The number of nitrogens with zero attached hydrogens (tertiary/aromatic N) is 3. The van der Waals surface area contributed by atoms with E-state index in [-0.39, 0.29) is 11.0 Å². The highest BCUT2D eigenvalue weighted by Gasteiger charge is 2.37. The third kappa shape index (κ3) is 5.91. The highest BCUT2D eigenvalue weighted by atomic mass is 19.4. The molecule has 4 nitrogen and oxygen atoms in total. The molecule has 3 aromatic rings. The number of benzene rings is 3. The van der Waals surface area contributed by atoms with Crippen LogP contribution in [0.5, 0.6) is 0 Å². The zero-order chi connectivity index (χ0) is 26.5. The molecule has 0 aliphatic carbocycles. The van der Waals surface area contributed by atoms with E-state index in [1.54, 1.807) is 23.2 Å². The first-order valence-electron chi connectivity index (χ1n) is 11.5. The van der Waals surface area contributed by atoms with Crippen LogP contribution in [-0.2, 0) is 5.41 Å². The van der Waals surface area contributed by atoms with Crippen molar-refractivity contribution in [2.24, 2.45) is 15.8 Å². The van der Waals surface area contributed by atoms with Gasteiger partial charge in [0, 0.05) is 12.1 Å². The SMILES string of the molecule is C=CCN=C(C)N(N=C)c1ccc(C(C)(C)c2ccc(-c3ccc(C(N)C(F)(F)F)cc3)cc2)cc1. The molecule has 0 amide bonds. The van der Waals surface area contributed by atoms with Crippen molar-refractivity contribution in [2.45, 2.75) is 38.4 Å². The van der Waals surface area contributed by atoms with Gasteiger partial charge in [0.05, 0.1) is 12.2 Å². The fourth-order valence-electron chi connectivity index (χ4n) is 3.97. The van der Waals surface area contributed by atoms with Crippen molar-refractivity contribution in [1.82, 2.24) is 0 Å². The van der Waals surface area contributed by atoms with Gasteiger partial charge in [0.15, 0.2) is 0 Å². The Morgan fingerprint density at radius 1 is 0.917 bits per heavy atom. The minimum Gasteiger partial charge on any atom is -0.316 e. The molecule has 0 aromatic heterocycles. The van der Waals surface area contributed by atoms with Crippen molar-refractivity contribution in [2.75, 3.05) is 11.6 Å². The summed E-state index contributed by atoms with van der Waals surface area (Å²) in [6.07, 6.45) is -2.74. The number of anilines is 1. The molecule has 0 aliphatic heterocycles. The van der Waals surface area contributed by atoms with E-state index in [0.717, 1.165) is 33.8 Å². The van der Waals surface area contributed by atoms with E-state index in [9.17, 15) is 13.2 Å². The molecule has 2 N–H and O–H groups in total. The van der Waals surface area contributed by atoms with Gasteiger partial charge in [0.2, 0.25) is 0 Å². The number of alkyl halides is 3. The molecule has 0 spiro atoms. The van der Waals surface area contributed by atoms with Crippen molar-refractivity contribution in [3.8, 4) is 11.1 Å². The smallest absolute Gasteiger partial charge is 0.316 e. The van der Waals surface area contributed by atoms with Crippen LogP contribution in [0.15, 0.2) is 95.5 Å². The third-order valence-corrected chi connectivity index (χ3v) is 6.29. The lowest BCUT2D eigenvalue weighted by atomic mass is 9.78. The highest BCUT2D eigenvalue weighted by molar-refractivity contribution is 5.95. The van der Waals surface area contributed by atoms with Crippen LogP contribution in [0.25, 0.3) is 11.1 Å². The van der Waals surface area contributed by atoms with Crippen LogP contribution in [0.1, 0.15) is 43.5 Å². The van der Waals surface area contributed by atoms with Gasteiger partial charge in [-0.2, -0.15) is 18.3 Å². The molecular weight excluding hydrogens is 461 g/mol. The quantitative estimate of drug-likeness (QED) is 0.156. The van der Waals surface area contributed by atoms with Gasteiger partial charge in [-0.15, -0.1) is 6.58 Å². The van der Waals surface area contributed by atoms with Crippen LogP contribution in [0.3, 0.4) is 0 Å². The first kappa shape index (κ1) is 26.9. The average molecular weight is 493 g/mol. The van der Waals surface area contributed by atoms with E-state index >= 15 is 0 Å².